The van der Waals surface area contributed by atoms with E-state index in [0.717, 1.165) is 0 Å². The van der Waals surface area contributed by atoms with E-state index in [1.54, 1.807) is 6.07 Å². The van der Waals surface area contributed by atoms with E-state index in [4.69, 9.17) is 15.4 Å². The van der Waals surface area contributed by atoms with Crippen molar-refractivity contribution in [1.29, 1.82) is 0 Å². The summed E-state index contributed by atoms with van der Waals surface area (Å²) in [6.07, 6.45) is 0.598. The molecule has 0 aliphatic carbocycles. The second-order valence-electron chi connectivity index (χ2n) is 4.21. The van der Waals surface area contributed by atoms with E-state index in [-0.39, 0.29) is 23.7 Å². The summed E-state index contributed by atoms with van der Waals surface area (Å²) in [7, 11) is 2.65. The van der Waals surface area contributed by atoms with Crippen molar-refractivity contribution in [3.63, 3.8) is 0 Å². The molecule has 0 spiro atoms. The molecule has 21 heavy (non-hydrogen) atoms. The molecule has 0 radical (unpaired) electrons. The van der Waals surface area contributed by atoms with Gasteiger partial charge < -0.3 is 4.74 Å². The lowest BCUT2D eigenvalue weighted by Crippen LogP contribution is -2.08. The molecule has 0 amide bonds. The Labute approximate surface area is 125 Å². The van der Waals surface area contributed by atoms with Crippen molar-refractivity contribution >= 4 is 19.7 Å². The monoisotopic (exact) mass is 333 g/mol. The zero-order chi connectivity index (χ0) is 15.6. The van der Waals surface area contributed by atoms with Crippen molar-refractivity contribution in [3.8, 4) is 17.1 Å². The van der Waals surface area contributed by atoms with Crippen LogP contribution in [0.2, 0.25) is 0 Å². The Bertz CT molecular complexity index is 761. The van der Waals surface area contributed by atoms with Crippen LogP contribution in [0, 0.1) is 5.82 Å². The molecule has 0 atom stereocenters. The van der Waals surface area contributed by atoms with Gasteiger partial charge in [0, 0.05) is 17.2 Å². The van der Waals surface area contributed by atoms with Gasteiger partial charge in [-0.25, -0.2) is 12.8 Å². The van der Waals surface area contributed by atoms with Crippen LogP contribution >= 0.6 is 10.7 Å². The number of ether oxygens (including phenoxy) is 1. The van der Waals surface area contributed by atoms with Crippen LogP contribution < -0.4 is 4.74 Å². The Morgan fingerprint density at radius 2 is 2.10 bits per heavy atom. The Morgan fingerprint density at radius 1 is 1.38 bits per heavy atom. The number of rotatable bonds is 5. The summed E-state index contributed by atoms with van der Waals surface area (Å²) >= 11 is 0. The second-order valence-corrected chi connectivity index (χ2v) is 6.67. The summed E-state index contributed by atoms with van der Waals surface area (Å²) in [5, 5.41) is 6.93. The Hall–Kier alpha value is -1.67. The van der Waals surface area contributed by atoms with Crippen LogP contribution in [0.25, 0.3) is 11.4 Å². The second kappa shape index (κ2) is 5.98. The van der Waals surface area contributed by atoms with E-state index in [2.05, 4.69) is 10.2 Å². The predicted octanol–water partition coefficient (Wildman–Crippen LogP) is 2.43. The molecule has 9 heteroatoms. The van der Waals surface area contributed by atoms with Gasteiger partial charge in [0.1, 0.15) is 11.6 Å². The molecule has 2 rings (SSSR count). The van der Waals surface area contributed by atoms with Crippen molar-refractivity contribution in [2.75, 3.05) is 7.11 Å². The van der Waals surface area contributed by atoms with E-state index in [0.29, 0.717) is 6.42 Å². The third-order valence-electron chi connectivity index (χ3n) is 2.80. The first-order chi connectivity index (χ1) is 9.90. The number of nitrogens with zero attached hydrogens (tertiary/aromatic N) is 3. The summed E-state index contributed by atoms with van der Waals surface area (Å²) in [5.74, 6) is -0.290. The lowest BCUT2D eigenvalue weighted by Gasteiger charge is -2.11. The maximum Gasteiger partial charge on any atom is 0.296 e. The van der Waals surface area contributed by atoms with Crippen molar-refractivity contribution in [2.45, 2.75) is 25.0 Å². The number of aromatic nitrogens is 3. The van der Waals surface area contributed by atoms with Crippen molar-refractivity contribution < 1.29 is 17.5 Å². The minimum absolute atomic E-state index is 0.0486. The highest BCUT2D eigenvalue weighted by atomic mass is 35.7. The van der Waals surface area contributed by atoms with E-state index in [1.807, 2.05) is 6.92 Å². The Balaban J connectivity index is 2.74. The average molecular weight is 334 g/mol. The lowest BCUT2D eigenvalue weighted by atomic mass is 10.1. The van der Waals surface area contributed by atoms with Gasteiger partial charge in [-0.3, -0.25) is 4.57 Å². The van der Waals surface area contributed by atoms with Gasteiger partial charge in [0.05, 0.1) is 12.7 Å². The predicted molar refractivity (Wildman–Crippen MR) is 75.3 cm³/mol. The van der Waals surface area contributed by atoms with E-state index >= 15 is 0 Å². The SMILES string of the molecule is CCCn1c(-c2c(F)cccc2OC)nnc1S(=O)(=O)Cl. The molecule has 0 aliphatic heterocycles. The summed E-state index contributed by atoms with van der Waals surface area (Å²) in [5.41, 5.74) is 0.0486. The summed E-state index contributed by atoms with van der Waals surface area (Å²) < 4.78 is 43.5. The standard InChI is InChI=1S/C12H13ClFN3O3S/c1-3-7-17-11(15-16-12(17)21(13,18)19)10-8(14)5-4-6-9(10)20-2/h4-6H,3,7H2,1-2H3. The van der Waals surface area contributed by atoms with Crippen LogP contribution in [-0.4, -0.2) is 30.3 Å². The molecular formula is C12H13ClFN3O3S. The molecule has 6 nitrogen and oxygen atoms in total. The highest BCUT2D eigenvalue weighted by Gasteiger charge is 2.26. The van der Waals surface area contributed by atoms with Crippen LogP contribution in [0.5, 0.6) is 5.75 Å². The minimum atomic E-state index is -4.08. The molecule has 114 valence electrons. The van der Waals surface area contributed by atoms with Crippen LogP contribution in [0.15, 0.2) is 23.4 Å². The van der Waals surface area contributed by atoms with Crippen LogP contribution in [0.3, 0.4) is 0 Å². The topological polar surface area (TPSA) is 74.1 Å². The molecule has 0 saturated heterocycles. The molecule has 0 bridgehead atoms. The molecule has 1 heterocycles. The molecular weight excluding hydrogens is 321 g/mol. The smallest absolute Gasteiger partial charge is 0.296 e. The lowest BCUT2D eigenvalue weighted by molar-refractivity contribution is 0.412. The molecule has 0 saturated carbocycles. The number of hydrogen-bond donors (Lipinski definition) is 0. The van der Waals surface area contributed by atoms with Gasteiger partial charge in [0.25, 0.3) is 14.2 Å². The maximum atomic E-state index is 14.1. The quantitative estimate of drug-likeness (QED) is 0.786. The fraction of sp³-hybridized carbons (Fsp3) is 0.333. The average Bonchev–Trinajstić information content (AvgIpc) is 2.82. The summed E-state index contributed by atoms with van der Waals surface area (Å²) in [6, 6.07) is 4.27. The maximum absolute atomic E-state index is 14.1. The van der Waals surface area contributed by atoms with Crippen LogP contribution in [0.1, 0.15) is 13.3 Å². The van der Waals surface area contributed by atoms with E-state index in [9.17, 15) is 12.8 Å². The van der Waals surface area contributed by atoms with Crippen LogP contribution in [-0.2, 0) is 15.6 Å². The Kier molecular flexibility index (Phi) is 4.48. The largest absolute Gasteiger partial charge is 0.496 e. The van der Waals surface area contributed by atoms with Gasteiger partial charge in [0.2, 0.25) is 0 Å². The van der Waals surface area contributed by atoms with Crippen LogP contribution in [0.4, 0.5) is 4.39 Å². The minimum Gasteiger partial charge on any atom is -0.496 e. The van der Waals surface area contributed by atoms with E-state index < -0.39 is 20.0 Å². The van der Waals surface area contributed by atoms with Crippen molar-refractivity contribution in [2.24, 2.45) is 0 Å². The van der Waals surface area contributed by atoms with Gasteiger partial charge in [-0.15, -0.1) is 10.2 Å². The molecule has 0 aliphatic rings. The molecule has 2 aromatic rings. The first-order valence-electron chi connectivity index (χ1n) is 6.10. The van der Waals surface area contributed by atoms with Crippen molar-refractivity contribution in [3.05, 3.63) is 24.0 Å². The van der Waals surface area contributed by atoms with Gasteiger partial charge in [-0.05, 0) is 18.6 Å². The molecule has 0 fully saturated rings. The number of methoxy groups -OCH3 is 1. The van der Waals surface area contributed by atoms with Gasteiger partial charge in [-0.1, -0.05) is 13.0 Å². The van der Waals surface area contributed by atoms with E-state index in [1.165, 1.54) is 23.8 Å². The number of halogens is 2. The van der Waals surface area contributed by atoms with Crippen molar-refractivity contribution in [1.82, 2.24) is 14.8 Å². The summed E-state index contributed by atoms with van der Waals surface area (Å²) in [4.78, 5) is 0. The third kappa shape index (κ3) is 3.01. The van der Waals surface area contributed by atoms with Gasteiger partial charge in [0.15, 0.2) is 5.82 Å². The highest BCUT2D eigenvalue weighted by Crippen LogP contribution is 2.32. The molecule has 1 aromatic carbocycles. The zero-order valence-corrected chi connectivity index (χ0v) is 12.9. The molecule has 0 N–H and O–H groups in total. The fourth-order valence-electron chi connectivity index (χ4n) is 1.97. The first kappa shape index (κ1) is 15.7. The van der Waals surface area contributed by atoms with Gasteiger partial charge in [-0.2, -0.15) is 0 Å². The molecule has 1 aromatic heterocycles. The zero-order valence-electron chi connectivity index (χ0n) is 11.4. The number of hydrogen-bond acceptors (Lipinski definition) is 5. The highest BCUT2D eigenvalue weighted by molar-refractivity contribution is 8.13. The normalized spacial score (nSPS) is 11.6. The first-order valence-corrected chi connectivity index (χ1v) is 8.41. The Morgan fingerprint density at radius 3 is 2.67 bits per heavy atom. The number of benzene rings is 1. The fourth-order valence-corrected chi connectivity index (χ4v) is 2.89. The third-order valence-corrected chi connectivity index (χ3v) is 3.95. The summed E-state index contributed by atoms with van der Waals surface area (Å²) in [6.45, 7) is 2.12. The molecule has 0 unspecified atom stereocenters. The van der Waals surface area contributed by atoms with Gasteiger partial charge >= 0.3 is 0 Å².